The maximum Gasteiger partial charge on any atom is 0.269 e. The molecule has 0 aliphatic rings. The van der Waals surface area contributed by atoms with Gasteiger partial charge < -0.3 is 9.47 Å². The van der Waals surface area contributed by atoms with Crippen molar-refractivity contribution < 1.29 is 14.4 Å². The molecule has 162 valence electrons. The normalized spacial score (nSPS) is 11.0. The summed E-state index contributed by atoms with van der Waals surface area (Å²) in [6, 6.07) is 19.0. The third-order valence-corrected chi connectivity index (χ3v) is 5.44. The summed E-state index contributed by atoms with van der Waals surface area (Å²) in [4.78, 5) is 10.4. The van der Waals surface area contributed by atoms with Gasteiger partial charge in [0.25, 0.3) is 5.69 Å². The molecule has 0 radical (unpaired) electrons. The number of nitrogens with zero attached hydrogens (tertiary/aromatic N) is 2. The summed E-state index contributed by atoms with van der Waals surface area (Å²) in [5, 5.41) is 21.1. The lowest BCUT2D eigenvalue weighted by Gasteiger charge is -2.15. The van der Waals surface area contributed by atoms with Gasteiger partial charge in [0.15, 0.2) is 11.5 Å². The highest BCUT2D eigenvalue weighted by atomic mass is 79.9. The SMILES string of the molecule is CCOc1cc(/C=C(/C#N)c2ccc([N+](=O)[O-])cc2)cc(Br)c1OCc1ccccc1Cl. The third-order valence-electron chi connectivity index (χ3n) is 4.48. The van der Waals surface area contributed by atoms with Gasteiger partial charge in [-0.05, 0) is 70.4 Å². The van der Waals surface area contributed by atoms with Crippen molar-refractivity contribution in [2.24, 2.45) is 0 Å². The van der Waals surface area contributed by atoms with Gasteiger partial charge in [-0.1, -0.05) is 29.8 Å². The minimum Gasteiger partial charge on any atom is -0.490 e. The summed E-state index contributed by atoms with van der Waals surface area (Å²) < 4.78 is 12.4. The maximum absolute atomic E-state index is 10.9. The summed E-state index contributed by atoms with van der Waals surface area (Å²) in [7, 11) is 0. The Kier molecular flexibility index (Phi) is 7.87. The van der Waals surface area contributed by atoms with Crippen molar-refractivity contribution in [3.8, 4) is 17.6 Å². The Bertz CT molecular complexity index is 1200. The second kappa shape index (κ2) is 10.8. The number of nitro groups is 1. The lowest BCUT2D eigenvalue weighted by atomic mass is 10.0. The largest absolute Gasteiger partial charge is 0.490 e. The minimum atomic E-state index is -0.480. The minimum absolute atomic E-state index is 0.0348. The summed E-state index contributed by atoms with van der Waals surface area (Å²) in [6.07, 6.45) is 1.69. The van der Waals surface area contributed by atoms with Gasteiger partial charge in [-0.15, -0.1) is 0 Å². The van der Waals surface area contributed by atoms with Crippen LogP contribution in [0.25, 0.3) is 11.6 Å². The van der Waals surface area contributed by atoms with Crippen LogP contribution in [0, 0.1) is 21.4 Å². The van der Waals surface area contributed by atoms with E-state index in [0.717, 1.165) is 5.56 Å². The van der Waals surface area contributed by atoms with Gasteiger partial charge in [-0.2, -0.15) is 5.26 Å². The van der Waals surface area contributed by atoms with Crippen LogP contribution >= 0.6 is 27.5 Å². The summed E-state index contributed by atoms with van der Waals surface area (Å²) in [5.41, 5.74) is 2.45. The van der Waals surface area contributed by atoms with Crippen LogP contribution in [0.1, 0.15) is 23.6 Å². The van der Waals surface area contributed by atoms with E-state index in [4.69, 9.17) is 21.1 Å². The first-order valence-electron chi connectivity index (χ1n) is 9.62. The Morgan fingerprint density at radius 3 is 2.53 bits per heavy atom. The number of non-ortho nitro benzene ring substituents is 1. The van der Waals surface area contributed by atoms with Crippen LogP contribution in [0.4, 0.5) is 5.69 Å². The van der Waals surface area contributed by atoms with Crippen LogP contribution in [-0.2, 0) is 6.61 Å². The lowest BCUT2D eigenvalue weighted by molar-refractivity contribution is -0.384. The molecule has 0 aromatic heterocycles. The summed E-state index contributed by atoms with van der Waals surface area (Å²) in [6.45, 7) is 2.56. The molecule has 3 aromatic carbocycles. The van der Waals surface area contributed by atoms with Crippen LogP contribution in [0.15, 0.2) is 65.1 Å². The second-order valence-corrected chi connectivity index (χ2v) is 7.88. The van der Waals surface area contributed by atoms with Gasteiger partial charge in [-0.3, -0.25) is 10.1 Å². The van der Waals surface area contributed by atoms with E-state index in [2.05, 4.69) is 22.0 Å². The van der Waals surface area contributed by atoms with E-state index in [0.29, 0.717) is 44.3 Å². The number of hydrogen-bond acceptors (Lipinski definition) is 5. The van der Waals surface area contributed by atoms with Gasteiger partial charge in [0.05, 0.1) is 27.6 Å². The van der Waals surface area contributed by atoms with Crippen molar-refractivity contribution in [1.82, 2.24) is 0 Å². The predicted octanol–water partition coefficient (Wildman–Crippen LogP) is 7.05. The lowest BCUT2D eigenvalue weighted by Crippen LogP contribution is -2.01. The Morgan fingerprint density at radius 2 is 1.91 bits per heavy atom. The summed E-state index contributed by atoms with van der Waals surface area (Å²) >= 11 is 9.74. The molecule has 0 aliphatic carbocycles. The van der Waals surface area contributed by atoms with Crippen LogP contribution in [0.3, 0.4) is 0 Å². The standard InChI is InChI=1S/C24H18BrClN2O4/c1-2-31-23-13-16(11-19(14-27)17-7-9-20(10-8-17)28(29)30)12-21(25)24(23)32-15-18-5-3-4-6-22(18)26/h3-13H,2,15H2,1H3/b19-11-. The second-order valence-electron chi connectivity index (χ2n) is 6.62. The van der Waals surface area contributed by atoms with E-state index in [1.807, 2.05) is 31.2 Å². The van der Waals surface area contributed by atoms with Gasteiger partial charge in [0.2, 0.25) is 0 Å². The molecule has 0 saturated carbocycles. The van der Waals surface area contributed by atoms with E-state index in [-0.39, 0.29) is 12.3 Å². The van der Waals surface area contributed by atoms with Crippen LogP contribution in [0.2, 0.25) is 5.02 Å². The van der Waals surface area contributed by atoms with E-state index in [1.165, 1.54) is 12.1 Å². The Labute approximate surface area is 198 Å². The number of nitro benzene ring substituents is 1. The fraction of sp³-hybridized carbons (Fsp3) is 0.125. The van der Waals surface area contributed by atoms with Crippen molar-refractivity contribution in [2.75, 3.05) is 6.61 Å². The molecular weight excluding hydrogens is 496 g/mol. The number of hydrogen-bond donors (Lipinski definition) is 0. The fourth-order valence-corrected chi connectivity index (χ4v) is 3.71. The quantitative estimate of drug-likeness (QED) is 0.139. The van der Waals surface area contributed by atoms with Crippen molar-refractivity contribution in [3.63, 3.8) is 0 Å². The molecule has 3 aromatic rings. The number of ether oxygens (including phenoxy) is 2. The highest BCUT2D eigenvalue weighted by Crippen LogP contribution is 2.38. The first-order valence-corrected chi connectivity index (χ1v) is 10.8. The molecule has 6 nitrogen and oxygen atoms in total. The molecule has 0 atom stereocenters. The highest BCUT2D eigenvalue weighted by molar-refractivity contribution is 9.10. The van der Waals surface area contributed by atoms with E-state index in [9.17, 15) is 15.4 Å². The van der Waals surface area contributed by atoms with Crippen LogP contribution < -0.4 is 9.47 Å². The molecule has 0 saturated heterocycles. The van der Waals surface area contributed by atoms with Gasteiger partial charge in [0, 0.05) is 22.7 Å². The molecule has 0 amide bonds. The number of allylic oxidation sites excluding steroid dienone is 1. The van der Waals surface area contributed by atoms with Crippen LogP contribution in [-0.4, -0.2) is 11.5 Å². The fourth-order valence-electron chi connectivity index (χ4n) is 2.95. The molecule has 0 fully saturated rings. The molecule has 32 heavy (non-hydrogen) atoms. The molecule has 0 heterocycles. The maximum atomic E-state index is 10.9. The van der Waals surface area contributed by atoms with Crippen molar-refractivity contribution in [3.05, 3.63) is 97.0 Å². The van der Waals surface area contributed by atoms with Crippen molar-refractivity contribution in [1.29, 1.82) is 5.26 Å². The zero-order valence-electron chi connectivity index (χ0n) is 17.0. The molecule has 0 bridgehead atoms. The molecule has 8 heteroatoms. The molecular formula is C24H18BrClN2O4. The molecule has 0 N–H and O–H groups in total. The van der Waals surface area contributed by atoms with Crippen molar-refractivity contribution >= 4 is 44.9 Å². The number of rotatable bonds is 8. The zero-order valence-corrected chi connectivity index (χ0v) is 19.4. The van der Waals surface area contributed by atoms with Crippen molar-refractivity contribution in [2.45, 2.75) is 13.5 Å². The van der Waals surface area contributed by atoms with E-state index in [1.54, 1.807) is 30.3 Å². The molecule has 0 spiro atoms. The molecule has 0 aliphatic heterocycles. The monoisotopic (exact) mass is 512 g/mol. The third kappa shape index (κ3) is 5.67. The highest BCUT2D eigenvalue weighted by Gasteiger charge is 2.14. The zero-order chi connectivity index (χ0) is 23.1. The van der Waals surface area contributed by atoms with Gasteiger partial charge in [-0.25, -0.2) is 0 Å². The number of nitriles is 1. The first kappa shape index (κ1) is 23.3. The Hall–Kier alpha value is -3.34. The number of benzene rings is 3. The molecule has 3 rings (SSSR count). The first-order chi connectivity index (χ1) is 15.4. The summed E-state index contributed by atoms with van der Waals surface area (Å²) in [5.74, 6) is 1.04. The van der Waals surface area contributed by atoms with E-state index < -0.39 is 4.92 Å². The smallest absolute Gasteiger partial charge is 0.269 e. The Balaban J connectivity index is 1.92. The van der Waals surface area contributed by atoms with Gasteiger partial charge in [0.1, 0.15) is 6.61 Å². The van der Waals surface area contributed by atoms with Crippen LogP contribution in [0.5, 0.6) is 11.5 Å². The number of halogens is 2. The predicted molar refractivity (Wildman–Crippen MR) is 128 cm³/mol. The average molecular weight is 514 g/mol. The molecule has 0 unspecified atom stereocenters. The average Bonchev–Trinajstić information content (AvgIpc) is 2.78. The van der Waals surface area contributed by atoms with Gasteiger partial charge >= 0.3 is 0 Å². The topological polar surface area (TPSA) is 85.4 Å². The Morgan fingerprint density at radius 1 is 1.19 bits per heavy atom. The van der Waals surface area contributed by atoms with E-state index >= 15 is 0 Å².